The Labute approximate surface area is 124 Å². The van der Waals surface area contributed by atoms with E-state index in [1.54, 1.807) is 30.5 Å². The molecule has 0 aliphatic carbocycles. The first-order valence-electron chi connectivity index (χ1n) is 6.36. The van der Waals surface area contributed by atoms with Crippen LogP contribution in [0.3, 0.4) is 0 Å². The van der Waals surface area contributed by atoms with Crippen LogP contribution < -0.4 is 5.69 Å². The molecule has 0 aliphatic rings. The van der Waals surface area contributed by atoms with Gasteiger partial charge in [-0.25, -0.2) is 4.79 Å². The van der Waals surface area contributed by atoms with Gasteiger partial charge in [0.15, 0.2) is 5.65 Å². The molecule has 4 aromatic rings. The van der Waals surface area contributed by atoms with Crippen molar-refractivity contribution in [3.63, 3.8) is 0 Å². The van der Waals surface area contributed by atoms with Gasteiger partial charge in [0.25, 0.3) is 0 Å². The second-order valence-corrected chi connectivity index (χ2v) is 5.07. The smallest absolute Gasteiger partial charge is 0.243 e. The molecule has 0 N–H and O–H groups in total. The van der Waals surface area contributed by atoms with E-state index in [4.69, 9.17) is 11.6 Å². The lowest BCUT2D eigenvalue weighted by molar-refractivity contribution is 0.804. The van der Waals surface area contributed by atoms with Gasteiger partial charge in [0, 0.05) is 15.8 Å². The number of hydrogen-bond acceptors (Lipinski definition) is 3. The molecule has 0 radical (unpaired) electrons. The van der Waals surface area contributed by atoms with Gasteiger partial charge in [-0.3, -0.25) is 0 Å². The summed E-state index contributed by atoms with van der Waals surface area (Å²) in [5.74, 6) is 0. The topological polar surface area (TPSA) is 52.2 Å². The lowest BCUT2D eigenvalue weighted by Gasteiger charge is -1.97. The third-order valence-corrected chi connectivity index (χ3v) is 3.59. The molecule has 21 heavy (non-hydrogen) atoms. The molecule has 4 rings (SSSR count). The van der Waals surface area contributed by atoms with Gasteiger partial charge in [-0.05, 0) is 24.3 Å². The zero-order chi connectivity index (χ0) is 14.4. The quantitative estimate of drug-likeness (QED) is 0.543. The molecule has 0 saturated heterocycles. The van der Waals surface area contributed by atoms with Crippen LogP contribution in [0.5, 0.6) is 0 Å². The van der Waals surface area contributed by atoms with Gasteiger partial charge in [0.05, 0.1) is 11.9 Å². The Bertz CT molecular complexity index is 1020. The average Bonchev–Trinajstić information content (AvgIpc) is 2.86. The number of aromatic nitrogens is 4. The predicted molar refractivity (Wildman–Crippen MR) is 81.1 cm³/mol. The molecule has 0 fully saturated rings. The second kappa shape index (κ2) is 4.43. The molecule has 0 amide bonds. The summed E-state index contributed by atoms with van der Waals surface area (Å²) in [6, 6.07) is 14.6. The first-order chi connectivity index (χ1) is 10.2. The van der Waals surface area contributed by atoms with E-state index in [9.17, 15) is 4.79 Å². The first-order valence-corrected chi connectivity index (χ1v) is 6.73. The maximum Gasteiger partial charge on any atom is 0.371 e. The summed E-state index contributed by atoms with van der Waals surface area (Å²) < 4.78 is 2.63. The van der Waals surface area contributed by atoms with Crippen molar-refractivity contribution >= 4 is 28.0 Å². The average molecular weight is 297 g/mol. The summed E-state index contributed by atoms with van der Waals surface area (Å²) in [7, 11) is 0. The molecule has 0 atom stereocenters. The SMILES string of the molecule is O=c1n(-c2ccc(Cl)cc2)nc2c3ccccc3cnn12. The summed E-state index contributed by atoms with van der Waals surface area (Å²) >= 11 is 5.87. The molecule has 2 aromatic heterocycles. The highest BCUT2D eigenvalue weighted by atomic mass is 35.5. The first kappa shape index (κ1) is 12.1. The Morgan fingerprint density at radius 2 is 1.76 bits per heavy atom. The molecular weight excluding hydrogens is 288 g/mol. The van der Waals surface area contributed by atoms with Crippen LogP contribution in [0.4, 0.5) is 0 Å². The third-order valence-electron chi connectivity index (χ3n) is 3.34. The fourth-order valence-electron chi connectivity index (χ4n) is 2.32. The zero-order valence-corrected chi connectivity index (χ0v) is 11.5. The van der Waals surface area contributed by atoms with Crippen molar-refractivity contribution in [3.8, 4) is 5.69 Å². The van der Waals surface area contributed by atoms with Crippen molar-refractivity contribution in [2.75, 3.05) is 0 Å². The number of halogens is 1. The minimum absolute atomic E-state index is 0.307. The van der Waals surface area contributed by atoms with Crippen LogP contribution in [-0.2, 0) is 0 Å². The Kier molecular flexibility index (Phi) is 2.55. The Balaban J connectivity index is 2.07. The molecular formula is C15H9ClN4O. The van der Waals surface area contributed by atoms with Crippen molar-refractivity contribution in [2.24, 2.45) is 0 Å². The summed E-state index contributed by atoms with van der Waals surface area (Å²) in [6.45, 7) is 0. The van der Waals surface area contributed by atoms with Crippen LogP contribution in [0, 0.1) is 0 Å². The highest BCUT2D eigenvalue weighted by Crippen LogP contribution is 2.17. The van der Waals surface area contributed by atoms with Gasteiger partial charge in [0.1, 0.15) is 0 Å². The van der Waals surface area contributed by atoms with Gasteiger partial charge in [-0.2, -0.15) is 14.3 Å². The largest absolute Gasteiger partial charge is 0.371 e. The molecule has 2 aromatic carbocycles. The van der Waals surface area contributed by atoms with E-state index in [2.05, 4.69) is 10.2 Å². The molecule has 5 nitrogen and oxygen atoms in total. The number of nitrogens with zero attached hydrogens (tertiary/aromatic N) is 4. The van der Waals surface area contributed by atoms with E-state index < -0.39 is 0 Å². The Morgan fingerprint density at radius 3 is 2.57 bits per heavy atom. The van der Waals surface area contributed by atoms with Gasteiger partial charge < -0.3 is 0 Å². The standard InChI is InChI=1S/C15H9ClN4O/c16-11-5-7-12(8-6-11)19-15(21)20-14(18-19)13-4-2-1-3-10(13)9-17-20/h1-9H. The van der Waals surface area contributed by atoms with E-state index in [1.807, 2.05) is 24.3 Å². The normalized spacial score (nSPS) is 11.3. The summed E-state index contributed by atoms with van der Waals surface area (Å²) in [6.07, 6.45) is 1.66. The Morgan fingerprint density at radius 1 is 1.00 bits per heavy atom. The number of benzene rings is 2. The molecule has 102 valence electrons. The van der Waals surface area contributed by atoms with Crippen LogP contribution in [-0.4, -0.2) is 19.4 Å². The third kappa shape index (κ3) is 1.82. The minimum atomic E-state index is -0.307. The molecule has 2 heterocycles. The van der Waals surface area contributed by atoms with Gasteiger partial charge >= 0.3 is 5.69 Å². The maximum absolute atomic E-state index is 12.4. The molecule has 0 unspecified atom stereocenters. The number of hydrogen-bond donors (Lipinski definition) is 0. The molecule has 0 saturated carbocycles. The molecule has 0 bridgehead atoms. The predicted octanol–water partition coefficient (Wildman–Crippen LogP) is 2.69. The van der Waals surface area contributed by atoms with E-state index in [0.29, 0.717) is 16.4 Å². The van der Waals surface area contributed by atoms with Crippen LogP contribution in [0.2, 0.25) is 5.02 Å². The number of rotatable bonds is 1. The van der Waals surface area contributed by atoms with E-state index in [1.165, 1.54) is 9.20 Å². The van der Waals surface area contributed by atoms with Crippen LogP contribution in [0.1, 0.15) is 0 Å². The van der Waals surface area contributed by atoms with E-state index >= 15 is 0 Å². The van der Waals surface area contributed by atoms with E-state index in [-0.39, 0.29) is 5.69 Å². The second-order valence-electron chi connectivity index (χ2n) is 4.64. The fourth-order valence-corrected chi connectivity index (χ4v) is 2.44. The van der Waals surface area contributed by atoms with Gasteiger partial charge in [-0.15, -0.1) is 5.10 Å². The fraction of sp³-hybridized carbons (Fsp3) is 0. The summed E-state index contributed by atoms with van der Waals surface area (Å²) in [5.41, 5.74) is 0.880. The lowest BCUT2D eigenvalue weighted by atomic mass is 10.2. The van der Waals surface area contributed by atoms with Crippen molar-refractivity contribution in [1.29, 1.82) is 0 Å². The van der Waals surface area contributed by atoms with Crippen molar-refractivity contribution in [2.45, 2.75) is 0 Å². The Hall–Kier alpha value is -2.66. The van der Waals surface area contributed by atoms with Crippen molar-refractivity contribution in [1.82, 2.24) is 19.4 Å². The van der Waals surface area contributed by atoms with Gasteiger partial charge in [0.2, 0.25) is 0 Å². The van der Waals surface area contributed by atoms with E-state index in [0.717, 1.165) is 10.8 Å². The van der Waals surface area contributed by atoms with Crippen molar-refractivity contribution < 1.29 is 0 Å². The monoisotopic (exact) mass is 296 g/mol. The highest BCUT2D eigenvalue weighted by molar-refractivity contribution is 6.30. The van der Waals surface area contributed by atoms with Crippen LogP contribution in [0.15, 0.2) is 59.5 Å². The molecule has 0 spiro atoms. The van der Waals surface area contributed by atoms with Crippen LogP contribution >= 0.6 is 11.6 Å². The maximum atomic E-state index is 12.4. The van der Waals surface area contributed by atoms with Gasteiger partial charge in [-0.1, -0.05) is 35.9 Å². The van der Waals surface area contributed by atoms with Crippen LogP contribution in [0.25, 0.3) is 22.1 Å². The molecule has 0 aliphatic heterocycles. The summed E-state index contributed by atoms with van der Waals surface area (Å²) in [5, 5.41) is 11.0. The summed E-state index contributed by atoms with van der Waals surface area (Å²) in [4.78, 5) is 12.4. The van der Waals surface area contributed by atoms with Crippen molar-refractivity contribution in [3.05, 3.63) is 70.2 Å². The lowest BCUT2D eigenvalue weighted by Crippen LogP contribution is -2.20. The number of fused-ring (bicyclic) bond motifs is 3. The highest BCUT2D eigenvalue weighted by Gasteiger charge is 2.12. The minimum Gasteiger partial charge on any atom is -0.243 e. The zero-order valence-electron chi connectivity index (χ0n) is 10.8. The molecule has 6 heteroatoms.